The third-order valence-electron chi connectivity index (χ3n) is 4.26. The summed E-state index contributed by atoms with van der Waals surface area (Å²) in [4.78, 5) is 23.6. The number of amides is 3. The molecule has 0 atom stereocenters. The molecule has 1 aliphatic carbocycles. The van der Waals surface area contributed by atoms with E-state index in [2.05, 4.69) is 15.8 Å². The zero-order valence-electron chi connectivity index (χ0n) is 15.3. The normalized spacial score (nSPS) is 14.5. The average Bonchev–Trinajstić information content (AvgIpc) is 2.99. The molecule has 142 valence electrons. The first-order valence-electron chi connectivity index (χ1n) is 8.78. The maximum atomic E-state index is 12.7. The van der Waals surface area contributed by atoms with Gasteiger partial charge in [0.1, 0.15) is 11.5 Å². The number of nitrogens with one attached hydrogen (secondary N) is 2. The van der Waals surface area contributed by atoms with Gasteiger partial charge in [-0.15, -0.1) is 0 Å². The Morgan fingerprint density at radius 3 is 2.67 bits per heavy atom. The molecule has 3 amide bonds. The fraction of sp³-hybridized carbons (Fsp3) is 0.316. The van der Waals surface area contributed by atoms with Crippen LogP contribution in [0.3, 0.4) is 0 Å². The molecule has 2 aromatic rings. The summed E-state index contributed by atoms with van der Waals surface area (Å²) < 4.78 is 11.2. The highest BCUT2D eigenvalue weighted by Crippen LogP contribution is 2.30. The van der Waals surface area contributed by atoms with Gasteiger partial charge in [-0.3, -0.25) is 4.79 Å². The second-order valence-corrected chi connectivity index (χ2v) is 6.15. The lowest BCUT2D eigenvalue weighted by Gasteiger charge is -2.13. The summed E-state index contributed by atoms with van der Waals surface area (Å²) in [5.74, 6) is 1.33. The van der Waals surface area contributed by atoms with Crippen LogP contribution in [-0.2, 0) is 6.42 Å². The van der Waals surface area contributed by atoms with Gasteiger partial charge in [-0.2, -0.15) is 5.10 Å². The number of primary amides is 1. The lowest BCUT2D eigenvalue weighted by atomic mass is 9.93. The van der Waals surface area contributed by atoms with Gasteiger partial charge in [-0.05, 0) is 51.0 Å². The number of aryl methyl sites for hydroxylation is 1. The maximum absolute atomic E-state index is 12.7. The Balaban J connectivity index is 1.82. The van der Waals surface area contributed by atoms with Crippen LogP contribution in [0.4, 0.5) is 10.5 Å². The summed E-state index contributed by atoms with van der Waals surface area (Å²) in [6.07, 6.45) is 2.20. The van der Waals surface area contributed by atoms with Crippen molar-refractivity contribution >= 4 is 23.3 Å². The van der Waals surface area contributed by atoms with Crippen LogP contribution in [-0.4, -0.2) is 24.3 Å². The zero-order chi connectivity index (χ0) is 19.4. The number of nitrogens with two attached hydrogens (primary N) is 1. The fourth-order valence-electron chi connectivity index (χ4n) is 3.11. The third-order valence-corrected chi connectivity index (χ3v) is 4.26. The Labute approximate surface area is 156 Å². The topological polar surface area (TPSA) is 119 Å². The minimum absolute atomic E-state index is 0.238. The Kier molecular flexibility index (Phi) is 5.44. The van der Waals surface area contributed by atoms with Crippen molar-refractivity contribution in [3.63, 3.8) is 0 Å². The van der Waals surface area contributed by atoms with Crippen molar-refractivity contribution in [2.75, 3.05) is 11.9 Å². The standard InChI is InChI=1S/C19H22N4O4/c1-3-26-13-9-7-12(8-10-13)21-18(24)17-11(2)16-14(22-23-19(20)25)5-4-6-15(16)27-17/h7-10H,3-6H2,1-2H3,(H,21,24)(H3,20,23,25)/b22-14+. The van der Waals surface area contributed by atoms with Gasteiger partial charge in [0.15, 0.2) is 5.76 Å². The van der Waals surface area contributed by atoms with E-state index in [0.29, 0.717) is 42.2 Å². The Morgan fingerprint density at radius 2 is 2.00 bits per heavy atom. The summed E-state index contributed by atoms with van der Waals surface area (Å²) in [7, 11) is 0. The van der Waals surface area contributed by atoms with Crippen molar-refractivity contribution in [3.05, 3.63) is 46.9 Å². The van der Waals surface area contributed by atoms with E-state index in [-0.39, 0.29) is 11.7 Å². The summed E-state index contributed by atoms with van der Waals surface area (Å²) in [6, 6.07) is 6.39. The van der Waals surface area contributed by atoms with Gasteiger partial charge in [0, 0.05) is 23.2 Å². The first-order valence-corrected chi connectivity index (χ1v) is 8.78. The van der Waals surface area contributed by atoms with Crippen molar-refractivity contribution in [2.45, 2.75) is 33.1 Å². The maximum Gasteiger partial charge on any atom is 0.332 e. The lowest BCUT2D eigenvalue weighted by Crippen LogP contribution is -2.27. The molecule has 0 bridgehead atoms. The van der Waals surface area contributed by atoms with Crippen LogP contribution < -0.4 is 21.2 Å². The number of benzene rings is 1. The van der Waals surface area contributed by atoms with Gasteiger partial charge >= 0.3 is 6.03 Å². The number of ether oxygens (including phenoxy) is 1. The van der Waals surface area contributed by atoms with E-state index in [1.165, 1.54) is 0 Å². The predicted octanol–water partition coefficient (Wildman–Crippen LogP) is 2.95. The number of carbonyl (C=O) groups excluding carboxylic acids is 2. The van der Waals surface area contributed by atoms with E-state index in [0.717, 1.165) is 17.7 Å². The van der Waals surface area contributed by atoms with E-state index < -0.39 is 6.03 Å². The van der Waals surface area contributed by atoms with Crippen LogP contribution in [0.2, 0.25) is 0 Å². The molecule has 4 N–H and O–H groups in total. The molecule has 27 heavy (non-hydrogen) atoms. The predicted molar refractivity (Wildman–Crippen MR) is 101 cm³/mol. The molecule has 1 aromatic carbocycles. The summed E-state index contributed by atoms with van der Waals surface area (Å²) in [5, 5.41) is 6.88. The van der Waals surface area contributed by atoms with Crippen LogP contribution in [0.15, 0.2) is 33.8 Å². The third kappa shape index (κ3) is 4.11. The van der Waals surface area contributed by atoms with E-state index >= 15 is 0 Å². The largest absolute Gasteiger partial charge is 0.494 e. The van der Waals surface area contributed by atoms with Gasteiger partial charge in [0.2, 0.25) is 0 Å². The molecule has 0 saturated heterocycles. The van der Waals surface area contributed by atoms with Crippen molar-refractivity contribution in [1.29, 1.82) is 0 Å². The molecule has 0 radical (unpaired) electrons. The highest BCUT2D eigenvalue weighted by molar-refractivity contribution is 6.09. The Bertz CT molecular complexity index is 884. The van der Waals surface area contributed by atoms with Gasteiger partial charge in [0.05, 0.1) is 12.3 Å². The SMILES string of the molecule is CCOc1ccc(NC(=O)c2oc3c(c2C)/C(=N/NC(N)=O)CCC3)cc1. The number of fused-ring (bicyclic) bond motifs is 1. The molecule has 1 aromatic heterocycles. The van der Waals surface area contributed by atoms with Crippen molar-refractivity contribution < 1.29 is 18.7 Å². The minimum Gasteiger partial charge on any atom is -0.494 e. The molecule has 0 spiro atoms. The van der Waals surface area contributed by atoms with E-state index in [9.17, 15) is 9.59 Å². The molecule has 1 aliphatic rings. The average molecular weight is 370 g/mol. The van der Waals surface area contributed by atoms with Gasteiger partial charge in [-0.1, -0.05) is 0 Å². The number of nitrogens with zero attached hydrogens (tertiary/aromatic N) is 1. The molecule has 1 heterocycles. The summed E-state index contributed by atoms with van der Waals surface area (Å²) >= 11 is 0. The zero-order valence-corrected chi connectivity index (χ0v) is 15.3. The van der Waals surface area contributed by atoms with Crippen LogP contribution in [0, 0.1) is 6.92 Å². The molecule has 0 aliphatic heterocycles. The quantitative estimate of drug-likeness (QED) is 0.701. The van der Waals surface area contributed by atoms with Crippen molar-refractivity contribution in [2.24, 2.45) is 10.8 Å². The molecule has 8 nitrogen and oxygen atoms in total. The molecular formula is C19H22N4O4. The van der Waals surface area contributed by atoms with Gasteiger partial charge in [0.25, 0.3) is 5.91 Å². The summed E-state index contributed by atoms with van der Waals surface area (Å²) in [5.41, 5.74) is 10.1. The molecule has 0 fully saturated rings. The monoisotopic (exact) mass is 370 g/mol. The number of hydrazone groups is 1. The summed E-state index contributed by atoms with van der Waals surface area (Å²) in [6.45, 7) is 4.30. The highest BCUT2D eigenvalue weighted by Gasteiger charge is 2.28. The first kappa shape index (κ1) is 18.5. The Hall–Kier alpha value is -3.29. The van der Waals surface area contributed by atoms with E-state index in [1.54, 1.807) is 31.2 Å². The van der Waals surface area contributed by atoms with Crippen LogP contribution in [0.25, 0.3) is 0 Å². The smallest absolute Gasteiger partial charge is 0.332 e. The lowest BCUT2D eigenvalue weighted by molar-refractivity contribution is 0.0994. The second kappa shape index (κ2) is 7.94. The highest BCUT2D eigenvalue weighted by atomic mass is 16.5. The minimum atomic E-state index is -0.732. The van der Waals surface area contributed by atoms with Crippen molar-refractivity contribution in [1.82, 2.24) is 5.43 Å². The fourth-order valence-corrected chi connectivity index (χ4v) is 3.11. The number of anilines is 1. The number of furan rings is 1. The first-order chi connectivity index (χ1) is 13.0. The van der Waals surface area contributed by atoms with Crippen LogP contribution in [0.1, 0.15) is 47.2 Å². The number of carbonyl (C=O) groups is 2. The van der Waals surface area contributed by atoms with Crippen molar-refractivity contribution in [3.8, 4) is 5.75 Å². The second-order valence-electron chi connectivity index (χ2n) is 6.15. The number of hydrogen-bond acceptors (Lipinski definition) is 5. The van der Waals surface area contributed by atoms with E-state index in [1.807, 2.05) is 6.92 Å². The number of rotatable bonds is 5. The van der Waals surface area contributed by atoms with Gasteiger partial charge < -0.3 is 20.2 Å². The van der Waals surface area contributed by atoms with E-state index in [4.69, 9.17) is 14.9 Å². The molecule has 8 heteroatoms. The Morgan fingerprint density at radius 1 is 1.26 bits per heavy atom. The van der Waals surface area contributed by atoms with Crippen LogP contribution >= 0.6 is 0 Å². The van der Waals surface area contributed by atoms with Crippen LogP contribution in [0.5, 0.6) is 5.75 Å². The molecule has 0 unspecified atom stereocenters. The molecule has 3 rings (SSSR count). The number of hydrogen-bond donors (Lipinski definition) is 3. The van der Waals surface area contributed by atoms with Gasteiger partial charge in [-0.25, -0.2) is 10.2 Å². The number of urea groups is 1. The molecular weight excluding hydrogens is 348 g/mol. The molecule has 0 saturated carbocycles.